The number of ether oxygens (including phenoxy) is 1. The lowest BCUT2D eigenvalue weighted by Gasteiger charge is -2.34. The maximum absolute atomic E-state index is 11.4. The van der Waals surface area contributed by atoms with E-state index < -0.39 is 0 Å². The van der Waals surface area contributed by atoms with E-state index >= 15 is 0 Å². The molecular weight excluding hydrogens is 292 g/mol. The molecule has 2 unspecified atom stereocenters. The fourth-order valence-electron chi connectivity index (χ4n) is 2.98. The van der Waals surface area contributed by atoms with E-state index in [-0.39, 0.29) is 12.1 Å². The van der Waals surface area contributed by atoms with E-state index in [0.717, 1.165) is 12.8 Å². The highest BCUT2D eigenvalue weighted by molar-refractivity contribution is 7.99. The molecule has 0 N–H and O–H groups in total. The highest BCUT2D eigenvalue weighted by Gasteiger charge is 2.32. The van der Waals surface area contributed by atoms with Gasteiger partial charge in [0, 0.05) is 30.3 Å². The summed E-state index contributed by atoms with van der Waals surface area (Å²) in [5.41, 5.74) is 2.62. The predicted octanol–water partition coefficient (Wildman–Crippen LogP) is 4.93. The quantitative estimate of drug-likeness (QED) is 0.752. The third-order valence-electron chi connectivity index (χ3n) is 3.96. The summed E-state index contributed by atoms with van der Waals surface area (Å²) in [5.74, 6) is -0.185. The summed E-state index contributed by atoms with van der Waals surface area (Å²) in [4.78, 5) is 11.4. The first-order valence-electron chi connectivity index (χ1n) is 7.65. The molecule has 1 fully saturated rings. The van der Waals surface area contributed by atoms with Crippen molar-refractivity contribution in [1.82, 2.24) is 0 Å². The molecule has 2 nitrogen and oxygen atoms in total. The van der Waals surface area contributed by atoms with E-state index in [2.05, 4.69) is 48.5 Å². The van der Waals surface area contributed by atoms with Crippen LogP contribution in [0.5, 0.6) is 0 Å². The Labute approximate surface area is 135 Å². The van der Waals surface area contributed by atoms with Crippen molar-refractivity contribution < 1.29 is 9.53 Å². The summed E-state index contributed by atoms with van der Waals surface area (Å²) < 4.78 is 5.54. The summed E-state index contributed by atoms with van der Waals surface area (Å²) >= 11 is 1.98. The lowest BCUT2D eigenvalue weighted by molar-refractivity contribution is -0.147. The van der Waals surface area contributed by atoms with Gasteiger partial charge in [-0.15, -0.1) is 11.8 Å². The van der Waals surface area contributed by atoms with Crippen molar-refractivity contribution >= 4 is 17.7 Å². The summed E-state index contributed by atoms with van der Waals surface area (Å²) in [6.07, 6.45) is 1.77. The number of hydrogen-bond donors (Lipinski definition) is 0. The van der Waals surface area contributed by atoms with Crippen LogP contribution in [-0.2, 0) is 9.53 Å². The van der Waals surface area contributed by atoms with Crippen LogP contribution < -0.4 is 0 Å². The zero-order valence-electron chi connectivity index (χ0n) is 12.6. The molecule has 1 aliphatic heterocycles. The van der Waals surface area contributed by atoms with Gasteiger partial charge in [0.2, 0.25) is 0 Å². The molecule has 1 saturated heterocycles. The number of carbonyl (C=O) groups is 1. The Balaban J connectivity index is 1.83. The van der Waals surface area contributed by atoms with Crippen molar-refractivity contribution in [2.45, 2.75) is 36.4 Å². The predicted molar refractivity (Wildman–Crippen MR) is 90.7 cm³/mol. The molecule has 0 radical (unpaired) electrons. The van der Waals surface area contributed by atoms with E-state index in [4.69, 9.17) is 4.74 Å². The van der Waals surface area contributed by atoms with Gasteiger partial charge in [0.1, 0.15) is 6.10 Å². The fourth-order valence-corrected chi connectivity index (χ4v) is 4.66. The minimum Gasteiger partial charge on any atom is -0.462 e. The molecule has 2 atom stereocenters. The van der Waals surface area contributed by atoms with Crippen LogP contribution >= 0.6 is 11.8 Å². The first-order valence-corrected chi connectivity index (χ1v) is 8.59. The van der Waals surface area contributed by atoms with E-state index in [1.165, 1.54) is 18.1 Å². The molecule has 1 heterocycles. The standard InChI is InChI=1S/C19H20O2S/c1-14(20)21-17-12-18(15-8-4-2-5-9-15)22-19(13-17)16-10-6-3-7-11-16/h2-11,17-19H,12-13H2,1H3. The lowest BCUT2D eigenvalue weighted by Crippen LogP contribution is -2.25. The molecule has 2 aromatic rings. The molecule has 114 valence electrons. The zero-order chi connectivity index (χ0) is 15.4. The zero-order valence-corrected chi connectivity index (χ0v) is 13.5. The van der Waals surface area contributed by atoms with Gasteiger partial charge in [0.15, 0.2) is 0 Å². The Bertz CT molecular complexity index is 564. The van der Waals surface area contributed by atoms with Gasteiger partial charge in [-0.3, -0.25) is 4.79 Å². The number of carbonyl (C=O) groups excluding carboxylic acids is 1. The van der Waals surface area contributed by atoms with Crippen molar-refractivity contribution in [3.8, 4) is 0 Å². The van der Waals surface area contributed by atoms with Gasteiger partial charge in [-0.05, 0) is 11.1 Å². The van der Waals surface area contributed by atoms with Crippen LogP contribution in [0.4, 0.5) is 0 Å². The van der Waals surface area contributed by atoms with Crippen LogP contribution in [0.1, 0.15) is 41.4 Å². The average Bonchev–Trinajstić information content (AvgIpc) is 2.55. The van der Waals surface area contributed by atoms with E-state index in [0.29, 0.717) is 10.5 Å². The summed E-state index contributed by atoms with van der Waals surface area (Å²) in [7, 11) is 0. The van der Waals surface area contributed by atoms with E-state index in [1.54, 1.807) is 0 Å². The Morgan fingerprint density at radius 2 is 1.36 bits per heavy atom. The largest absolute Gasteiger partial charge is 0.462 e. The highest BCUT2D eigenvalue weighted by atomic mass is 32.2. The number of hydrogen-bond acceptors (Lipinski definition) is 3. The number of rotatable bonds is 3. The van der Waals surface area contributed by atoms with Crippen molar-refractivity contribution in [3.63, 3.8) is 0 Å². The topological polar surface area (TPSA) is 26.3 Å². The van der Waals surface area contributed by atoms with Gasteiger partial charge in [0.25, 0.3) is 0 Å². The van der Waals surface area contributed by atoms with Gasteiger partial charge in [-0.2, -0.15) is 0 Å². The smallest absolute Gasteiger partial charge is 0.302 e. The molecule has 3 rings (SSSR count). The lowest BCUT2D eigenvalue weighted by atomic mass is 9.99. The van der Waals surface area contributed by atoms with Gasteiger partial charge < -0.3 is 4.74 Å². The van der Waals surface area contributed by atoms with Gasteiger partial charge in [0.05, 0.1) is 0 Å². The van der Waals surface area contributed by atoms with E-state index in [9.17, 15) is 4.79 Å². The molecule has 0 spiro atoms. The van der Waals surface area contributed by atoms with E-state index in [1.807, 2.05) is 23.9 Å². The minimum absolute atomic E-state index is 0.00541. The molecule has 0 aliphatic carbocycles. The van der Waals surface area contributed by atoms with Gasteiger partial charge in [-0.1, -0.05) is 60.7 Å². The first-order chi connectivity index (χ1) is 10.7. The molecule has 1 aliphatic rings. The number of benzene rings is 2. The van der Waals surface area contributed by atoms with Gasteiger partial charge in [-0.25, -0.2) is 0 Å². The average molecular weight is 312 g/mol. The molecule has 0 bridgehead atoms. The summed E-state index contributed by atoms with van der Waals surface area (Å²) in [6.45, 7) is 1.50. The molecule has 2 aromatic carbocycles. The Morgan fingerprint density at radius 1 is 0.909 bits per heavy atom. The van der Waals surface area contributed by atoms with Crippen LogP contribution in [0.3, 0.4) is 0 Å². The second-order valence-corrected chi connectivity index (χ2v) is 7.05. The third-order valence-corrected chi connectivity index (χ3v) is 5.54. The second kappa shape index (κ2) is 7.01. The SMILES string of the molecule is CC(=O)OC1CC(c2ccccc2)SC(c2ccccc2)C1. The molecule has 0 aromatic heterocycles. The monoisotopic (exact) mass is 312 g/mol. The Hall–Kier alpha value is -1.74. The summed E-state index contributed by atoms with van der Waals surface area (Å²) in [5, 5.41) is 0.731. The molecular formula is C19H20O2S. The normalized spacial score (nSPS) is 24.7. The third kappa shape index (κ3) is 3.72. The van der Waals surface area contributed by atoms with Crippen LogP contribution in [0.2, 0.25) is 0 Å². The molecule has 0 saturated carbocycles. The van der Waals surface area contributed by atoms with Crippen LogP contribution in [0.15, 0.2) is 60.7 Å². The van der Waals surface area contributed by atoms with Crippen molar-refractivity contribution in [3.05, 3.63) is 71.8 Å². The Morgan fingerprint density at radius 3 is 1.77 bits per heavy atom. The van der Waals surface area contributed by atoms with Crippen molar-refractivity contribution in [1.29, 1.82) is 0 Å². The van der Waals surface area contributed by atoms with Gasteiger partial charge >= 0.3 is 5.97 Å². The fraction of sp³-hybridized carbons (Fsp3) is 0.316. The first kappa shape index (κ1) is 15.2. The number of thioether (sulfide) groups is 1. The van der Waals surface area contributed by atoms with Crippen LogP contribution in [-0.4, -0.2) is 12.1 Å². The minimum atomic E-state index is -0.185. The maximum atomic E-state index is 11.4. The molecule has 0 amide bonds. The van der Waals surface area contributed by atoms with Crippen LogP contribution in [0, 0.1) is 0 Å². The highest BCUT2D eigenvalue weighted by Crippen LogP contribution is 2.50. The molecule has 3 heteroatoms. The molecule has 22 heavy (non-hydrogen) atoms. The van der Waals surface area contributed by atoms with Crippen LogP contribution in [0.25, 0.3) is 0 Å². The Kier molecular flexibility index (Phi) is 4.84. The maximum Gasteiger partial charge on any atom is 0.302 e. The van der Waals surface area contributed by atoms with Crippen molar-refractivity contribution in [2.75, 3.05) is 0 Å². The second-order valence-electron chi connectivity index (χ2n) is 5.64. The number of esters is 1. The van der Waals surface area contributed by atoms with Crippen molar-refractivity contribution in [2.24, 2.45) is 0 Å². The summed E-state index contributed by atoms with van der Waals surface area (Å²) in [6, 6.07) is 21.0.